The Hall–Kier alpha value is -1.69. The third-order valence-corrected chi connectivity index (χ3v) is 4.85. The molecule has 2 aromatic rings. The minimum Gasteiger partial charge on any atom is -0.377 e. The van der Waals surface area contributed by atoms with E-state index in [0.717, 1.165) is 24.5 Å². The van der Waals surface area contributed by atoms with Crippen molar-refractivity contribution in [2.75, 3.05) is 6.61 Å². The second-order valence-electron chi connectivity index (χ2n) is 7.86. The molecule has 124 valence electrons. The lowest BCUT2D eigenvalue weighted by atomic mass is 9.81. The Labute approximate surface area is 136 Å². The molecule has 1 aliphatic carbocycles. The summed E-state index contributed by atoms with van der Waals surface area (Å²) in [5.41, 5.74) is 2.10. The Kier molecular flexibility index (Phi) is 3.34. The fourth-order valence-corrected chi connectivity index (χ4v) is 3.54. The first-order valence-corrected chi connectivity index (χ1v) is 8.43. The fourth-order valence-electron chi connectivity index (χ4n) is 3.54. The maximum atomic E-state index is 5.92. The monoisotopic (exact) mass is 316 g/mol. The normalized spacial score (nSPS) is 25.2. The maximum Gasteiger partial charge on any atom is 0.278 e. The van der Waals surface area contributed by atoms with Crippen LogP contribution in [-0.4, -0.2) is 32.6 Å². The molecule has 0 bridgehead atoms. The van der Waals surface area contributed by atoms with E-state index in [1.165, 1.54) is 18.5 Å². The van der Waals surface area contributed by atoms with Gasteiger partial charge in [0.15, 0.2) is 11.5 Å². The van der Waals surface area contributed by atoms with Crippen molar-refractivity contribution in [3.8, 4) is 11.6 Å². The molecule has 0 N–H and O–H groups in total. The first kappa shape index (κ1) is 14.9. The highest BCUT2D eigenvalue weighted by molar-refractivity contribution is 5.48. The van der Waals surface area contributed by atoms with Gasteiger partial charge in [0.1, 0.15) is 0 Å². The summed E-state index contributed by atoms with van der Waals surface area (Å²) in [5.74, 6) is 2.11. The van der Waals surface area contributed by atoms with Crippen LogP contribution in [0.4, 0.5) is 0 Å². The van der Waals surface area contributed by atoms with Crippen LogP contribution in [0.25, 0.3) is 11.6 Å². The van der Waals surface area contributed by atoms with Crippen molar-refractivity contribution in [3.63, 3.8) is 0 Å². The predicted octanol–water partition coefficient (Wildman–Crippen LogP) is 3.27. The van der Waals surface area contributed by atoms with E-state index >= 15 is 0 Å². The van der Waals surface area contributed by atoms with Crippen molar-refractivity contribution in [2.24, 2.45) is 12.5 Å². The molecule has 0 spiro atoms. The van der Waals surface area contributed by atoms with Crippen LogP contribution in [0.2, 0.25) is 0 Å². The van der Waals surface area contributed by atoms with Gasteiger partial charge in [-0.25, -0.2) is 0 Å². The molecule has 23 heavy (non-hydrogen) atoms. The molecule has 1 aliphatic heterocycles. The van der Waals surface area contributed by atoms with Gasteiger partial charge in [-0.1, -0.05) is 25.9 Å². The van der Waals surface area contributed by atoms with Gasteiger partial charge in [-0.3, -0.25) is 4.68 Å². The molecule has 0 radical (unpaired) electrons. The van der Waals surface area contributed by atoms with E-state index in [1.54, 1.807) is 0 Å². The molecule has 1 saturated carbocycles. The van der Waals surface area contributed by atoms with Crippen LogP contribution in [0, 0.1) is 5.41 Å². The molecule has 0 amide bonds. The molecule has 6 heteroatoms. The summed E-state index contributed by atoms with van der Waals surface area (Å²) in [5, 5.41) is 8.76. The third-order valence-electron chi connectivity index (χ3n) is 4.85. The minimum atomic E-state index is 0.0616. The highest BCUT2D eigenvalue weighted by atomic mass is 16.5. The molecule has 2 aliphatic rings. The fraction of sp³-hybridized carbons (Fsp3) is 0.706. The van der Waals surface area contributed by atoms with E-state index in [2.05, 4.69) is 42.1 Å². The van der Waals surface area contributed by atoms with Crippen LogP contribution in [0.3, 0.4) is 0 Å². The first-order chi connectivity index (χ1) is 10.9. The summed E-state index contributed by atoms with van der Waals surface area (Å²) in [7, 11) is 1.98. The van der Waals surface area contributed by atoms with Crippen molar-refractivity contribution in [2.45, 2.75) is 58.0 Å². The molecular formula is C17H24N4O2. The standard InChI is InChI=1S/C17H24N4O2/c1-17(2,3)14-11(7-8-22-14)15-18-16(23-20-15)12-9-13(10-5-6-10)21(4)19-12/h9-11,14H,5-8H2,1-4H3/t11-,14-/m1/s1. The molecule has 1 saturated heterocycles. The van der Waals surface area contributed by atoms with Gasteiger partial charge in [-0.2, -0.15) is 10.1 Å². The van der Waals surface area contributed by atoms with Crippen LogP contribution in [0.1, 0.15) is 63.4 Å². The van der Waals surface area contributed by atoms with E-state index in [1.807, 2.05) is 11.7 Å². The van der Waals surface area contributed by atoms with Gasteiger partial charge >= 0.3 is 0 Å². The molecule has 2 fully saturated rings. The lowest BCUT2D eigenvalue weighted by Gasteiger charge is -2.29. The number of hydrogen-bond donors (Lipinski definition) is 0. The minimum absolute atomic E-state index is 0.0616. The van der Waals surface area contributed by atoms with E-state index in [-0.39, 0.29) is 17.4 Å². The molecule has 0 aromatic carbocycles. The smallest absolute Gasteiger partial charge is 0.278 e. The zero-order chi connectivity index (χ0) is 16.2. The van der Waals surface area contributed by atoms with Gasteiger partial charge < -0.3 is 9.26 Å². The van der Waals surface area contributed by atoms with Crippen LogP contribution in [0.15, 0.2) is 10.6 Å². The summed E-state index contributed by atoms with van der Waals surface area (Å²) in [6, 6.07) is 2.08. The van der Waals surface area contributed by atoms with Crippen LogP contribution in [-0.2, 0) is 11.8 Å². The predicted molar refractivity (Wildman–Crippen MR) is 85.0 cm³/mol. The van der Waals surface area contributed by atoms with Crippen molar-refractivity contribution in [3.05, 3.63) is 17.6 Å². The van der Waals surface area contributed by atoms with Crippen LogP contribution in [0.5, 0.6) is 0 Å². The molecule has 3 heterocycles. The Balaban J connectivity index is 1.60. The highest BCUT2D eigenvalue weighted by Crippen LogP contribution is 2.42. The Morgan fingerprint density at radius 2 is 2.00 bits per heavy atom. The largest absolute Gasteiger partial charge is 0.377 e. The number of hydrogen-bond acceptors (Lipinski definition) is 5. The highest BCUT2D eigenvalue weighted by Gasteiger charge is 2.40. The average Bonchev–Trinajstić information content (AvgIpc) is 2.93. The van der Waals surface area contributed by atoms with Gasteiger partial charge in [-0.15, -0.1) is 0 Å². The summed E-state index contributed by atoms with van der Waals surface area (Å²) < 4.78 is 13.4. The molecular weight excluding hydrogens is 292 g/mol. The topological polar surface area (TPSA) is 66.0 Å². The summed E-state index contributed by atoms with van der Waals surface area (Å²) in [6.45, 7) is 7.33. The number of ether oxygens (including phenoxy) is 1. The third kappa shape index (κ3) is 2.69. The van der Waals surface area contributed by atoms with E-state index in [4.69, 9.17) is 9.26 Å². The SMILES string of the molecule is Cn1nc(-c2nc([C@@H]3CCO[C@H]3C(C)(C)C)no2)cc1C1CC1. The molecule has 4 rings (SSSR count). The number of aromatic nitrogens is 4. The zero-order valence-corrected chi connectivity index (χ0v) is 14.2. The Morgan fingerprint density at radius 1 is 1.22 bits per heavy atom. The van der Waals surface area contributed by atoms with Gasteiger partial charge in [0.05, 0.1) is 12.0 Å². The average molecular weight is 316 g/mol. The molecule has 0 unspecified atom stereocenters. The van der Waals surface area contributed by atoms with Crippen LogP contribution < -0.4 is 0 Å². The van der Waals surface area contributed by atoms with Gasteiger partial charge in [0.25, 0.3) is 5.89 Å². The lowest BCUT2D eigenvalue weighted by Crippen LogP contribution is -2.30. The first-order valence-electron chi connectivity index (χ1n) is 8.43. The van der Waals surface area contributed by atoms with Crippen molar-refractivity contribution in [1.29, 1.82) is 0 Å². The second kappa shape index (κ2) is 5.16. The van der Waals surface area contributed by atoms with Gasteiger partial charge in [-0.05, 0) is 30.7 Å². The molecule has 2 aromatic heterocycles. The molecule has 2 atom stereocenters. The number of aryl methyl sites for hydroxylation is 1. The van der Waals surface area contributed by atoms with E-state index in [0.29, 0.717) is 11.8 Å². The zero-order valence-electron chi connectivity index (χ0n) is 14.2. The van der Waals surface area contributed by atoms with E-state index < -0.39 is 0 Å². The van der Waals surface area contributed by atoms with Crippen molar-refractivity contribution >= 4 is 0 Å². The maximum absolute atomic E-state index is 5.92. The van der Waals surface area contributed by atoms with Gasteiger partial charge in [0, 0.05) is 25.3 Å². The summed E-state index contributed by atoms with van der Waals surface area (Å²) in [4.78, 5) is 4.63. The van der Waals surface area contributed by atoms with Crippen molar-refractivity contribution in [1.82, 2.24) is 19.9 Å². The molecule has 6 nitrogen and oxygen atoms in total. The lowest BCUT2D eigenvalue weighted by molar-refractivity contribution is 0.0193. The summed E-state index contributed by atoms with van der Waals surface area (Å²) in [6.07, 6.45) is 3.57. The number of nitrogens with zero attached hydrogens (tertiary/aromatic N) is 4. The summed E-state index contributed by atoms with van der Waals surface area (Å²) >= 11 is 0. The van der Waals surface area contributed by atoms with Crippen LogP contribution >= 0.6 is 0 Å². The second-order valence-corrected chi connectivity index (χ2v) is 7.86. The van der Waals surface area contributed by atoms with E-state index in [9.17, 15) is 0 Å². The van der Waals surface area contributed by atoms with Crippen molar-refractivity contribution < 1.29 is 9.26 Å². The van der Waals surface area contributed by atoms with Gasteiger partial charge in [0.2, 0.25) is 0 Å². The quantitative estimate of drug-likeness (QED) is 0.869. The Bertz CT molecular complexity index is 708. The number of rotatable bonds is 3. The Morgan fingerprint density at radius 3 is 2.70 bits per heavy atom.